The van der Waals surface area contributed by atoms with Crippen molar-refractivity contribution in [2.75, 3.05) is 31.1 Å². The molecule has 2 N–H and O–H groups in total. The second-order valence-electron chi connectivity index (χ2n) is 6.96. The minimum Gasteiger partial charge on any atom is -0.457 e. The van der Waals surface area contributed by atoms with Crippen LogP contribution in [0.3, 0.4) is 0 Å². The Morgan fingerprint density at radius 3 is 2.33 bits per heavy atom. The Bertz CT molecular complexity index is 1050. The highest BCUT2D eigenvalue weighted by molar-refractivity contribution is 5.98. The first kappa shape index (κ1) is 19.4. The van der Waals surface area contributed by atoms with Crippen LogP contribution in [0.5, 0.6) is 11.5 Å². The van der Waals surface area contributed by atoms with Crippen LogP contribution in [-0.2, 0) is 0 Å². The van der Waals surface area contributed by atoms with Gasteiger partial charge in [-0.05, 0) is 42.5 Å². The molecule has 4 rings (SSSR count). The van der Waals surface area contributed by atoms with Crippen LogP contribution in [0.1, 0.15) is 20.7 Å². The Morgan fingerprint density at radius 2 is 1.60 bits per heavy atom. The van der Waals surface area contributed by atoms with Gasteiger partial charge in [0.05, 0.1) is 5.56 Å². The number of carbonyl (C=O) groups is 2. The normalized spacial score (nSPS) is 13.7. The van der Waals surface area contributed by atoms with Gasteiger partial charge in [0.2, 0.25) is 0 Å². The van der Waals surface area contributed by atoms with Gasteiger partial charge < -0.3 is 20.3 Å². The molecule has 2 aromatic carbocycles. The number of nitrogens with zero attached hydrogens (tertiary/aromatic N) is 3. The van der Waals surface area contributed by atoms with Gasteiger partial charge >= 0.3 is 0 Å². The molecule has 1 aliphatic heterocycles. The quantitative estimate of drug-likeness (QED) is 0.709. The molecule has 7 heteroatoms. The maximum atomic E-state index is 13.0. The summed E-state index contributed by atoms with van der Waals surface area (Å²) in [6, 6.07) is 20.0. The third-order valence-electron chi connectivity index (χ3n) is 4.98. The van der Waals surface area contributed by atoms with E-state index in [0.29, 0.717) is 48.9 Å². The van der Waals surface area contributed by atoms with E-state index < -0.39 is 5.91 Å². The molecule has 7 nitrogen and oxygen atoms in total. The number of carbonyl (C=O) groups excluding carboxylic acids is 2. The standard InChI is InChI=1S/C23H22N4O3/c24-21(28)20-10-5-11-25-22(20)26-12-14-27(15-13-26)23(29)17-6-4-9-19(16-17)30-18-7-2-1-3-8-18/h1-11,16H,12-15H2,(H2,24,28). The highest BCUT2D eigenvalue weighted by Crippen LogP contribution is 2.23. The van der Waals surface area contributed by atoms with E-state index in [1.165, 1.54) is 0 Å². The first-order valence-electron chi connectivity index (χ1n) is 9.74. The molecule has 152 valence electrons. The van der Waals surface area contributed by atoms with Gasteiger partial charge in [0.15, 0.2) is 0 Å². The zero-order valence-corrected chi connectivity index (χ0v) is 16.4. The Labute approximate surface area is 174 Å². The fourth-order valence-corrected chi connectivity index (χ4v) is 3.46. The van der Waals surface area contributed by atoms with Gasteiger partial charge in [0.1, 0.15) is 17.3 Å². The van der Waals surface area contributed by atoms with Gasteiger partial charge in [-0.3, -0.25) is 9.59 Å². The average Bonchev–Trinajstić information content (AvgIpc) is 2.79. The van der Waals surface area contributed by atoms with E-state index >= 15 is 0 Å². The van der Waals surface area contributed by atoms with Crippen LogP contribution in [0, 0.1) is 0 Å². The number of para-hydroxylation sites is 1. The lowest BCUT2D eigenvalue weighted by atomic mass is 10.1. The number of aromatic nitrogens is 1. The molecule has 1 aliphatic rings. The van der Waals surface area contributed by atoms with Crippen LogP contribution < -0.4 is 15.4 Å². The minimum atomic E-state index is -0.508. The number of piperazine rings is 1. The summed E-state index contributed by atoms with van der Waals surface area (Å²) in [4.78, 5) is 32.7. The second kappa shape index (κ2) is 8.65. The lowest BCUT2D eigenvalue weighted by Gasteiger charge is -2.36. The Kier molecular flexibility index (Phi) is 5.61. The van der Waals surface area contributed by atoms with Gasteiger partial charge in [-0.2, -0.15) is 0 Å². The minimum absolute atomic E-state index is 0.0516. The van der Waals surface area contributed by atoms with E-state index in [4.69, 9.17) is 10.5 Å². The van der Waals surface area contributed by atoms with Crippen molar-refractivity contribution in [2.45, 2.75) is 0 Å². The third-order valence-corrected chi connectivity index (χ3v) is 4.98. The van der Waals surface area contributed by atoms with Crippen LogP contribution in [-0.4, -0.2) is 47.9 Å². The van der Waals surface area contributed by atoms with Crippen molar-refractivity contribution in [2.24, 2.45) is 5.73 Å². The van der Waals surface area contributed by atoms with E-state index in [1.807, 2.05) is 47.4 Å². The molecule has 1 fully saturated rings. The molecule has 0 radical (unpaired) electrons. The predicted molar refractivity (Wildman–Crippen MR) is 114 cm³/mol. The predicted octanol–water partition coefficient (Wildman–Crippen LogP) is 2.94. The molecule has 0 bridgehead atoms. The number of hydrogen-bond acceptors (Lipinski definition) is 5. The number of ether oxygens (including phenoxy) is 1. The monoisotopic (exact) mass is 402 g/mol. The summed E-state index contributed by atoms with van der Waals surface area (Å²) in [7, 11) is 0. The number of hydrogen-bond donors (Lipinski definition) is 1. The molecule has 0 unspecified atom stereocenters. The van der Waals surface area contributed by atoms with E-state index in [2.05, 4.69) is 4.98 Å². The zero-order chi connectivity index (χ0) is 20.9. The van der Waals surface area contributed by atoms with E-state index in [1.54, 1.807) is 35.4 Å². The Balaban J connectivity index is 1.43. The van der Waals surface area contributed by atoms with Crippen molar-refractivity contribution >= 4 is 17.6 Å². The first-order chi connectivity index (χ1) is 14.6. The van der Waals surface area contributed by atoms with Crippen molar-refractivity contribution in [1.82, 2.24) is 9.88 Å². The molecule has 0 aliphatic carbocycles. The molecule has 1 aromatic heterocycles. The van der Waals surface area contributed by atoms with Crippen molar-refractivity contribution in [3.63, 3.8) is 0 Å². The molecule has 3 aromatic rings. The lowest BCUT2D eigenvalue weighted by Crippen LogP contribution is -2.49. The summed E-state index contributed by atoms with van der Waals surface area (Å²) in [5, 5.41) is 0. The van der Waals surface area contributed by atoms with Crippen LogP contribution in [0.25, 0.3) is 0 Å². The summed E-state index contributed by atoms with van der Waals surface area (Å²) in [5.41, 5.74) is 6.43. The summed E-state index contributed by atoms with van der Waals surface area (Å²) >= 11 is 0. The smallest absolute Gasteiger partial charge is 0.254 e. The number of rotatable bonds is 5. The number of amides is 2. The second-order valence-corrected chi connectivity index (χ2v) is 6.96. The topological polar surface area (TPSA) is 88.8 Å². The maximum Gasteiger partial charge on any atom is 0.254 e. The zero-order valence-electron chi connectivity index (χ0n) is 16.4. The SMILES string of the molecule is NC(=O)c1cccnc1N1CCN(C(=O)c2cccc(Oc3ccccc3)c2)CC1. The van der Waals surface area contributed by atoms with E-state index in [-0.39, 0.29) is 5.91 Å². The first-order valence-corrected chi connectivity index (χ1v) is 9.74. The molecular weight excluding hydrogens is 380 g/mol. The van der Waals surface area contributed by atoms with Crippen LogP contribution in [0.4, 0.5) is 5.82 Å². The molecule has 0 spiro atoms. The van der Waals surface area contributed by atoms with Crippen molar-refractivity contribution in [3.05, 3.63) is 84.1 Å². The van der Waals surface area contributed by atoms with Crippen LogP contribution >= 0.6 is 0 Å². The molecule has 2 amide bonds. The molecule has 0 atom stereocenters. The number of nitrogens with two attached hydrogens (primary N) is 1. The molecule has 0 saturated carbocycles. The van der Waals surface area contributed by atoms with Gasteiger partial charge in [-0.25, -0.2) is 4.98 Å². The maximum absolute atomic E-state index is 13.0. The molecule has 30 heavy (non-hydrogen) atoms. The fraction of sp³-hybridized carbons (Fsp3) is 0.174. The Morgan fingerprint density at radius 1 is 0.867 bits per heavy atom. The summed E-state index contributed by atoms with van der Waals surface area (Å²) < 4.78 is 5.84. The van der Waals surface area contributed by atoms with Gasteiger partial charge in [-0.1, -0.05) is 24.3 Å². The largest absolute Gasteiger partial charge is 0.457 e. The molecular formula is C23H22N4O3. The van der Waals surface area contributed by atoms with Gasteiger partial charge in [0.25, 0.3) is 11.8 Å². The number of primary amides is 1. The molecule has 2 heterocycles. The van der Waals surface area contributed by atoms with Crippen molar-refractivity contribution in [1.29, 1.82) is 0 Å². The van der Waals surface area contributed by atoms with Crippen molar-refractivity contribution in [3.8, 4) is 11.5 Å². The van der Waals surface area contributed by atoms with Gasteiger partial charge in [-0.15, -0.1) is 0 Å². The van der Waals surface area contributed by atoms with E-state index in [0.717, 1.165) is 5.75 Å². The summed E-state index contributed by atoms with van der Waals surface area (Å²) in [6.45, 7) is 2.20. The fourth-order valence-electron chi connectivity index (χ4n) is 3.46. The van der Waals surface area contributed by atoms with Crippen molar-refractivity contribution < 1.29 is 14.3 Å². The Hall–Kier alpha value is -3.87. The average molecular weight is 402 g/mol. The summed E-state index contributed by atoms with van der Waals surface area (Å²) in [6.07, 6.45) is 1.64. The van der Waals surface area contributed by atoms with E-state index in [9.17, 15) is 9.59 Å². The number of benzene rings is 2. The lowest BCUT2D eigenvalue weighted by molar-refractivity contribution is 0.0745. The highest BCUT2D eigenvalue weighted by Gasteiger charge is 2.25. The summed E-state index contributed by atoms with van der Waals surface area (Å²) in [5.74, 6) is 1.34. The van der Waals surface area contributed by atoms with Crippen LogP contribution in [0.2, 0.25) is 0 Å². The third kappa shape index (κ3) is 4.25. The van der Waals surface area contributed by atoms with Gasteiger partial charge in [0, 0.05) is 37.9 Å². The van der Waals surface area contributed by atoms with Crippen LogP contribution in [0.15, 0.2) is 72.9 Å². The molecule has 1 saturated heterocycles. The number of pyridine rings is 1. The number of anilines is 1. The highest BCUT2D eigenvalue weighted by atomic mass is 16.5.